The number of ether oxygens (including phenoxy) is 1. The summed E-state index contributed by atoms with van der Waals surface area (Å²) in [4.78, 5) is 28.7. The van der Waals surface area contributed by atoms with E-state index in [0.29, 0.717) is 26.3 Å². The highest BCUT2D eigenvalue weighted by atomic mass is 16.6. The number of aliphatic imine (C=N–C) groups is 2. The molecule has 0 fully saturated rings. The van der Waals surface area contributed by atoms with Gasteiger partial charge in [-0.15, -0.1) is 0 Å². The first-order chi connectivity index (χ1) is 14.8. The summed E-state index contributed by atoms with van der Waals surface area (Å²) in [6.07, 6.45) is 2.55. The van der Waals surface area contributed by atoms with Crippen LogP contribution in [0.5, 0.6) is 0 Å². The van der Waals surface area contributed by atoms with Crippen molar-refractivity contribution in [2.45, 2.75) is 26.2 Å². The number of unbranched alkanes of at least 4 members (excludes halogenated alkanes) is 1. The molecule has 0 spiro atoms. The molecular formula is C20H33N6O5+. The minimum atomic E-state index is -0.648. The average molecular weight is 438 g/mol. The van der Waals surface area contributed by atoms with Gasteiger partial charge in [-0.1, -0.05) is 0 Å². The molecule has 0 amide bonds. The van der Waals surface area contributed by atoms with Crippen molar-refractivity contribution in [2.75, 3.05) is 65.3 Å². The minimum Gasteiger partial charge on any atom is -0.379 e. The van der Waals surface area contributed by atoms with Crippen LogP contribution in [0.15, 0.2) is 28.2 Å². The van der Waals surface area contributed by atoms with Gasteiger partial charge >= 0.3 is 0 Å². The minimum absolute atomic E-state index is 0.279. The molecule has 0 aliphatic rings. The number of likely N-dealkylation sites (N-methyl/N-ethyl adjacent to an activating group) is 1. The number of nitro benzene ring substituents is 2. The Labute approximate surface area is 182 Å². The predicted octanol–water partition coefficient (Wildman–Crippen LogP) is 3.37. The van der Waals surface area contributed by atoms with Gasteiger partial charge in [0.2, 0.25) is 0 Å². The lowest BCUT2D eigenvalue weighted by Gasteiger charge is -2.29. The Hall–Kier alpha value is -2.88. The van der Waals surface area contributed by atoms with Gasteiger partial charge in [-0.25, -0.2) is 9.98 Å². The fraction of sp³-hybridized carbons (Fsp3) is 0.650. The maximum Gasteiger partial charge on any atom is 0.299 e. The summed E-state index contributed by atoms with van der Waals surface area (Å²) < 4.78 is 6.56. The Morgan fingerprint density at radius 2 is 1.84 bits per heavy atom. The third kappa shape index (κ3) is 11.2. The average Bonchev–Trinajstić information content (AvgIpc) is 2.72. The third-order valence-electron chi connectivity index (χ3n) is 4.59. The van der Waals surface area contributed by atoms with E-state index in [1.807, 2.05) is 6.92 Å². The molecule has 0 unspecified atom stereocenters. The van der Waals surface area contributed by atoms with Crippen molar-refractivity contribution in [1.82, 2.24) is 0 Å². The normalized spacial score (nSPS) is 10.9. The number of benzene rings is 1. The van der Waals surface area contributed by atoms with Crippen LogP contribution in [0.4, 0.5) is 17.1 Å². The quantitative estimate of drug-likeness (QED) is 0.139. The number of hydrogen-bond donors (Lipinski definition) is 1. The summed E-state index contributed by atoms with van der Waals surface area (Å²) in [5, 5.41) is 24.9. The van der Waals surface area contributed by atoms with Crippen molar-refractivity contribution >= 4 is 23.1 Å². The summed E-state index contributed by atoms with van der Waals surface area (Å²) in [6, 6.07) is 6.27. The van der Waals surface area contributed by atoms with Crippen LogP contribution in [0.25, 0.3) is 0 Å². The van der Waals surface area contributed by atoms with E-state index in [4.69, 9.17) is 4.74 Å². The van der Waals surface area contributed by atoms with Crippen molar-refractivity contribution in [2.24, 2.45) is 9.98 Å². The number of rotatable bonds is 16. The van der Waals surface area contributed by atoms with E-state index < -0.39 is 9.85 Å². The highest BCUT2D eigenvalue weighted by Gasteiger charge is 2.19. The van der Waals surface area contributed by atoms with E-state index in [1.54, 1.807) is 0 Å². The fourth-order valence-corrected chi connectivity index (χ4v) is 2.76. The van der Waals surface area contributed by atoms with Crippen LogP contribution in [0.3, 0.4) is 0 Å². The zero-order chi connectivity index (χ0) is 23.1. The Kier molecular flexibility index (Phi) is 12.0. The number of anilines is 1. The van der Waals surface area contributed by atoms with Crippen LogP contribution in [-0.4, -0.2) is 80.4 Å². The maximum atomic E-state index is 11.1. The summed E-state index contributed by atoms with van der Waals surface area (Å²) in [5.74, 6) is 0. The first-order valence-electron chi connectivity index (χ1n) is 10.4. The molecule has 0 aliphatic heterocycles. The van der Waals surface area contributed by atoms with Crippen LogP contribution in [0.2, 0.25) is 0 Å². The Bertz CT molecular complexity index is 777. The van der Waals surface area contributed by atoms with Gasteiger partial charge in [0.05, 0.1) is 55.7 Å². The van der Waals surface area contributed by atoms with E-state index >= 15 is 0 Å². The third-order valence-corrected chi connectivity index (χ3v) is 4.59. The number of nitrogens with zero attached hydrogens (tertiary/aromatic N) is 5. The van der Waals surface area contributed by atoms with E-state index in [9.17, 15) is 20.2 Å². The van der Waals surface area contributed by atoms with Crippen molar-refractivity contribution in [3.05, 3.63) is 38.4 Å². The molecule has 172 valence electrons. The molecule has 0 saturated carbocycles. The zero-order valence-corrected chi connectivity index (χ0v) is 18.6. The molecule has 0 heterocycles. The van der Waals surface area contributed by atoms with Crippen LogP contribution < -0.4 is 5.32 Å². The van der Waals surface area contributed by atoms with E-state index in [0.717, 1.165) is 49.4 Å². The summed E-state index contributed by atoms with van der Waals surface area (Å²) >= 11 is 0. The van der Waals surface area contributed by atoms with Crippen molar-refractivity contribution in [3.63, 3.8) is 0 Å². The van der Waals surface area contributed by atoms with Gasteiger partial charge in [-0.2, -0.15) is 0 Å². The van der Waals surface area contributed by atoms with E-state index in [2.05, 4.69) is 35.4 Å². The van der Waals surface area contributed by atoms with Crippen LogP contribution in [0.1, 0.15) is 26.2 Å². The van der Waals surface area contributed by atoms with Crippen molar-refractivity contribution in [1.29, 1.82) is 0 Å². The fourth-order valence-electron chi connectivity index (χ4n) is 2.76. The van der Waals surface area contributed by atoms with Gasteiger partial charge in [0.15, 0.2) is 0 Å². The van der Waals surface area contributed by atoms with Crippen LogP contribution in [-0.2, 0) is 4.74 Å². The topological polar surface area (TPSA) is 132 Å². The number of hydrogen-bond acceptors (Lipinski definition) is 8. The molecule has 0 saturated heterocycles. The van der Waals surface area contributed by atoms with Crippen LogP contribution in [0, 0.1) is 20.2 Å². The van der Waals surface area contributed by atoms with E-state index in [1.165, 1.54) is 12.1 Å². The monoisotopic (exact) mass is 437 g/mol. The molecule has 1 aromatic carbocycles. The summed E-state index contributed by atoms with van der Waals surface area (Å²) in [7, 11) is 4.32. The molecule has 0 atom stereocenters. The molecular weight excluding hydrogens is 404 g/mol. The van der Waals surface area contributed by atoms with Crippen molar-refractivity contribution < 1.29 is 19.1 Å². The van der Waals surface area contributed by atoms with Gasteiger partial charge < -0.3 is 14.5 Å². The predicted molar refractivity (Wildman–Crippen MR) is 120 cm³/mol. The standard InChI is InChI=1S/C20H33N6O5/c1-4-21-17-22-10-7-12-26(2,3)13-15-31-14-6-5-11-23-19-9-8-18(24(27)28)16-20(19)25(29)30/h8-9,16,23H,4-7,10-15H2,1-3H3/q+1. The molecule has 1 aromatic rings. The molecule has 11 heteroatoms. The number of non-ortho nitro benzene ring substituents is 1. The second-order valence-electron chi connectivity index (χ2n) is 7.65. The second-order valence-corrected chi connectivity index (χ2v) is 7.65. The Balaban J connectivity index is 2.21. The number of quaternary nitrogens is 1. The molecule has 1 N–H and O–H groups in total. The lowest BCUT2D eigenvalue weighted by atomic mass is 10.2. The largest absolute Gasteiger partial charge is 0.379 e. The lowest BCUT2D eigenvalue weighted by Crippen LogP contribution is -2.43. The van der Waals surface area contributed by atoms with Crippen molar-refractivity contribution in [3.8, 4) is 0 Å². The van der Waals surface area contributed by atoms with Crippen LogP contribution >= 0.6 is 0 Å². The smallest absolute Gasteiger partial charge is 0.299 e. The molecule has 0 bridgehead atoms. The molecule has 1 rings (SSSR count). The summed E-state index contributed by atoms with van der Waals surface area (Å²) in [6.45, 7) is 7.08. The Morgan fingerprint density at radius 1 is 1.06 bits per heavy atom. The molecule has 31 heavy (non-hydrogen) atoms. The van der Waals surface area contributed by atoms with Gasteiger partial charge in [0.1, 0.15) is 12.2 Å². The number of nitro groups is 2. The van der Waals surface area contributed by atoms with Gasteiger partial charge in [0, 0.05) is 32.2 Å². The highest BCUT2D eigenvalue weighted by Crippen LogP contribution is 2.28. The van der Waals surface area contributed by atoms with E-state index in [-0.39, 0.29) is 17.1 Å². The lowest BCUT2D eigenvalue weighted by molar-refractivity contribution is -0.890. The summed E-state index contributed by atoms with van der Waals surface area (Å²) in [5.41, 5.74) is -0.320. The molecule has 11 nitrogen and oxygen atoms in total. The maximum absolute atomic E-state index is 11.1. The first-order valence-corrected chi connectivity index (χ1v) is 10.4. The first kappa shape index (κ1) is 26.2. The van der Waals surface area contributed by atoms with Gasteiger partial charge in [-0.05, 0) is 25.8 Å². The molecule has 0 radical (unpaired) electrons. The SMILES string of the molecule is CCN=C=NCCC[N+](C)(C)CCOCCCCNc1ccc([N+](=O)[O-])cc1[N+](=O)[O-]. The zero-order valence-electron chi connectivity index (χ0n) is 18.6. The van der Waals surface area contributed by atoms with Gasteiger partial charge in [-0.3, -0.25) is 20.2 Å². The molecule has 0 aliphatic carbocycles. The Morgan fingerprint density at radius 3 is 2.52 bits per heavy atom. The number of nitrogens with one attached hydrogen (secondary N) is 1. The second kappa shape index (κ2) is 14.2. The highest BCUT2D eigenvalue weighted by molar-refractivity contribution is 5.65. The van der Waals surface area contributed by atoms with Gasteiger partial charge in [0.25, 0.3) is 11.4 Å². The molecule has 0 aromatic heterocycles.